The van der Waals surface area contributed by atoms with Gasteiger partial charge in [0.2, 0.25) is 0 Å². The van der Waals surface area contributed by atoms with Gasteiger partial charge >= 0.3 is 5.97 Å². The molecule has 118 valence electrons. The molecule has 0 radical (unpaired) electrons. The molecule has 2 heterocycles. The van der Waals surface area contributed by atoms with E-state index < -0.39 is 16.0 Å². The minimum absolute atomic E-state index is 0.0202. The number of piperidine rings is 1. The molecular formula is C13H20N2O4S2. The van der Waals surface area contributed by atoms with E-state index in [1.54, 1.807) is 7.05 Å². The van der Waals surface area contributed by atoms with Crippen LogP contribution in [0.15, 0.2) is 15.7 Å². The van der Waals surface area contributed by atoms with Crippen molar-refractivity contribution >= 4 is 27.3 Å². The first-order valence-corrected chi connectivity index (χ1v) is 9.20. The van der Waals surface area contributed by atoms with E-state index in [1.807, 2.05) is 0 Å². The van der Waals surface area contributed by atoms with Crippen molar-refractivity contribution in [3.05, 3.63) is 17.0 Å². The number of carboxylic acids is 1. The van der Waals surface area contributed by atoms with Crippen molar-refractivity contribution < 1.29 is 18.3 Å². The Bertz CT molecular complexity index is 603. The second kappa shape index (κ2) is 6.43. The average Bonchev–Trinajstić information content (AvgIpc) is 2.97. The molecule has 1 aliphatic heterocycles. The smallest absolute Gasteiger partial charge is 0.336 e. The maximum Gasteiger partial charge on any atom is 0.336 e. The molecule has 0 spiro atoms. The first-order chi connectivity index (χ1) is 9.86. The van der Waals surface area contributed by atoms with E-state index in [-0.39, 0.29) is 15.8 Å². The van der Waals surface area contributed by atoms with Crippen LogP contribution in [0.1, 0.15) is 30.1 Å². The van der Waals surface area contributed by atoms with Gasteiger partial charge in [-0.15, -0.1) is 11.3 Å². The van der Waals surface area contributed by atoms with Crippen molar-refractivity contribution in [1.82, 2.24) is 9.21 Å². The van der Waals surface area contributed by atoms with Crippen molar-refractivity contribution in [3.8, 4) is 0 Å². The molecule has 1 aliphatic rings. The second-order valence-electron chi connectivity index (χ2n) is 5.15. The first-order valence-electron chi connectivity index (χ1n) is 6.88. The van der Waals surface area contributed by atoms with Gasteiger partial charge in [-0.3, -0.25) is 0 Å². The molecule has 0 bridgehead atoms. The summed E-state index contributed by atoms with van der Waals surface area (Å²) in [4.78, 5) is 13.2. The average molecular weight is 332 g/mol. The van der Waals surface area contributed by atoms with E-state index in [9.17, 15) is 13.2 Å². The van der Waals surface area contributed by atoms with Crippen LogP contribution < -0.4 is 0 Å². The number of likely N-dealkylation sites (tertiary alicyclic amines) is 1. The summed E-state index contributed by atoms with van der Waals surface area (Å²) in [5.74, 6) is -1.10. The summed E-state index contributed by atoms with van der Waals surface area (Å²) in [5, 5.41) is 10.3. The summed E-state index contributed by atoms with van der Waals surface area (Å²) < 4.78 is 26.6. The third-order valence-corrected chi connectivity index (χ3v) is 7.30. The molecule has 1 aromatic rings. The van der Waals surface area contributed by atoms with Crippen LogP contribution in [0.4, 0.5) is 0 Å². The van der Waals surface area contributed by atoms with Crippen LogP contribution in [0.2, 0.25) is 0 Å². The number of rotatable bonds is 5. The Morgan fingerprint density at radius 2 is 2.10 bits per heavy atom. The monoisotopic (exact) mass is 332 g/mol. The number of sulfonamides is 1. The zero-order valence-electron chi connectivity index (χ0n) is 12.2. The number of carboxylic acid groups (broad SMARTS) is 1. The van der Waals surface area contributed by atoms with Gasteiger partial charge in [-0.05, 0) is 38.5 Å². The van der Waals surface area contributed by atoms with E-state index in [1.165, 1.54) is 15.8 Å². The summed E-state index contributed by atoms with van der Waals surface area (Å²) in [6.45, 7) is 4.87. The lowest BCUT2D eigenvalue weighted by atomic mass is 10.1. The van der Waals surface area contributed by atoms with Crippen LogP contribution in [0.3, 0.4) is 0 Å². The fourth-order valence-electron chi connectivity index (χ4n) is 2.50. The van der Waals surface area contributed by atoms with Crippen LogP contribution in [0.5, 0.6) is 0 Å². The lowest BCUT2D eigenvalue weighted by Crippen LogP contribution is -2.45. The van der Waals surface area contributed by atoms with Gasteiger partial charge in [-0.2, -0.15) is 4.31 Å². The predicted octanol–water partition coefficient (Wildman–Crippen LogP) is 1.55. The largest absolute Gasteiger partial charge is 0.478 e. The molecule has 2 rings (SSSR count). The lowest BCUT2D eigenvalue weighted by Gasteiger charge is -2.35. The number of hydrogen-bond acceptors (Lipinski definition) is 5. The quantitative estimate of drug-likeness (QED) is 0.885. The van der Waals surface area contributed by atoms with Crippen LogP contribution in [0, 0.1) is 0 Å². The minimum atomic E-state index is -3.61. The van der Waals surface area contributed by atoms with E-state index in [2.05, 4.69) is 11.8 Å². The Morgan fingerprint density at radius 3 is 2.57 bits per heavy atom. The molecular weight excluding hydrogens is 312 g/mol. The summed E-state index contributed by atoms with van der Waals surface area (Å²) in [6, 6.07) is 1.22. The van der Waals surface area contributed by atoms with Crippen molar-refractivity contribution in [3.63, 3.8) is 0 Å². The van der Waals surface area contributed by atoms with E-state index in [0.717, 1.165) is 43.8 Å². The Labute approximate surface area is 129 Å². The van der Waals surface area contributed by atoms with Crippen LogP contribution in [-0.2, 0) is 10.0 Å². The Morgan fingerprint density at radius 1 is 1.48 bits per heavy atom. The maximum atomic E-state index is 12.5. The highest BCUT2D eigenvalue weighted by Gasteiger charge is 2.31. The lowest BCUT2D eigenvalue weighted by molar-refractivity contribution is 0.0697. The Kier molecular flexibility index (Phi) is 5.03. The number of hydrogen-bond donors (Lipinski definition) is 1. The van der Waals surface area contributed by atoms with Crippen molar-refractivity contribution in [1.29, 1.82) is 0 Å². The maximum absolute atomic E-state index is 12.5. The summed E-state index contributed by atoms with van der Waals surface area (Å²) >= 11 is 0.961. The third-order valence-electron chi connectivity index (χ3n) is 3.97. The van der Waals surface area contributed by atoms with Gasteiger partial charge in [0.05, 0.1) is 5.56 Å². The van der Waals surface area contributed by atoms with Gasteiger partial charge in [0.15, 0.2) is 0 Å². The molecule has 1 aromatic heterocycles. The highest BCUT2D eigenvalue weighted by atomic mass is 32.2. The molecule has 1 fully saturated rings. The molecule has 0 aliphatic carbocycles. The van der Waals surface area contributed by atoms with Gasteiger partial charge in [0.1, 0.15) is 4.21 Å². The zero-order valence-corrected chi connectivity index (χ0v) is 13.8. The highest BCUT2D eigenvalue weighted by Crippen LogP contribution is 2.27. The van der Waals surface area contributed by atoms with E-state index in [0.29, 0.717) is 0 Å². The molecule has 0 atom stereocenters. The van der Waals surface area contributed by atoms with E-state index in [4.69, 9.17) is 5.11 Å². The number of aromatic carboxylic acids is 1. The minimum Gasteiger partial charge on any atom is -0.478 e. The molecule has 8 heteroatoms. The van der Waals surface area contributed by atoms with Crippen molar-refractivity contribution in [2.24, 2.45) is 0 Å². The zero-order chi connectivity index (χ0) is 15.6. The summed E-state index contributed by atoms with van der Waals surface area (Å²) in [6.07, 6.45) is 1.61. The van der Waals surface area contributed by atoms with Crippen molar-refractivity contribution in [2.45, 2.75) is 30.0 Å². The Hall–Kier alpha value is -0.960. The number of carbonyl (C=O) groups is 1. The standard InChI is InChI=1S/C13H20N2O4S2/c1-3-15-6-4-11(5-7-15)14(2)21(18,19)12-8-10(9-20-12)13(16)17/h8-9,11H,3-7H2,1-2H3,(H,16,17). The number of thiophene rings is 1. The SMILES string of the molecule is CCN1CCC(N(C)S(=O)(=O)c2cc(C(=O)O)cs2)CC1. The molecule has 1 N–H and O–H groups in total. The van der Waals surface area contributed by atoms with E-state index >= 15 is 0 Å². The third kappa shape index (κ3) is 3.45. The van der Waals surface area contributed by atoms with Crippen molar-refractivity contribution in [2.75, 3.05) is 26.7 Å². The molecule has 1 saturated heterocycles. The van der Waals surface area contributed by atoms with Gasteiger partial charge in [-0.1, -0.05) is 6.92 Å². The normalized spacial score (nSPS) is 18.2. The van der Waals surface area contributed by atoms with Gasteiger partial charge in [0, 0.05) is 18.5 Å². The van der Waals surface area contributed by atoms with Crippen LogP contribution in [-0.4, -0.2) is 61.4 Å². The van der Waals surface area contributed by atoms with Gasteiger partial charge in [-0.25, -0.2) is 13.2 Å². The van der Waals surface area contributed by atoms with Crippen LogP contribution >= 0.6 is 11.3 Å². The molecule has 21 heavy (non-hydrogen) atoms. The topological polar surface area (TPSA) is 77.9 Å². The van der Waals surface area contributed by atoms with Gasteiger partial charge in [0.25, 0.3) is 10.0 Å². The molecule has 0 amide bonds. The van der Waals surface area contributed by atoms with Crippen LogP contribution in [0.25, 0.3) is 0 Å². The first kappa shape index (κ1) is 16.4. The predicted molar refractivity (Wildman–Crippen MR) is 81.4 cm³/mol. The van der Waals surface area contributed by atoms with Gasteiger partial charge < -0.3 is 10.0 Å². The fraction of sp³-hybridized carbons (Fsp3) is 0.615. The second-order valence-corrected chi connectivity index (χ2v) is 8.28. The molecule has 0 aromatic carbocycles. The Balaban J connectivity index is 2.13. The summed E-state index contributed by atoms with van der Waals surface area (Å²) in [7, 11) is -2.02. The molecule has 0 saturated carbocycles. The summed E-state index contributed by atoms with van der Waals surface area (Å²) in [5.41, 5.74) is 0.0211. The molecule has 0 unspecified atom stereocenters. The fourth-order valence-corrected chi connectivity index (χ4v) is 5.25. The number of nitrogens with zero attached hydrogens (tertiary/aromatic N) is 2. The molecule has 6 nitrogen and oxygen atoms in total. The highest BCUT2D eigenvalue weighted by molar-refractivity contribution is 7.91.